The molecule has 1 atom stereocenters. The fourth-order valence-electron chi connectivity index (χ4n) is 1.80. The van der Waals surface area contributed by atoms with Gasteiger partial charge >= 0.3 is 18.2 Å². The van der Waals surface area contributed by atoms with Gasteiger partial charge in [-0.15, -0.1) is 0 Å². The van der Waals surface area contributed by atoms with Gasteiger partial charge in [-0.2, -0.15) is 13.2 Å². The Morgan fingerprint density at radius 2 is 1.83 bits per heavy atom. The van der Waals surface area contributed by atoms with Crippen molar-refractivity contribution in [1.82, 2.24) is 5.32 Å². The average Bonchev–Trinajstić information content (AvgIpc) is 2.33. The second kappa shape index (κ2) is 7.06. The zero-order valence-electron chi connectivity index (χ0n) is 13.2. The number of benzene rings is 1. The first-order chi connectivity index (χ1) is 10.8. The standard InChI is InChI=1S/C15H17F4NO4/c1-14(2,3)24-13(23)20-11(12(21)22)7-8-4-5-9(10(16)6-8)15(17,18)19/h4-6,11H,7H2,1-3H3,(H,20,23)(H,21,22). The molecule has 0 saturated carbocycles. The van der Waals surface area contributed by atoms with Crippen molar-refractivity contribution in [1.29, 1.82) is 0 Å². The maximum Gasteiger partial charge on any atom is 0.419 e. The van der Waals surface area contributed by atoms with E-state index in [0.717, 1.165) is 6.07 Å². The van der Waals surface area contributed by atoms with E-state index >= 15 is 0 Å². The second-order valence-corrected chi connectivity index (χ2v) is 6.05. The van der Waals surface area contributed by atoms with E-state index in [1.165, 1.54) is 0 Å². The highest BCUT2D eigenvalue weighted by atomic mass is 19.4. The first-order valence-electron chi connectivity index (χ1n) is 6.87. The van der Waals surface area contributed by atoms with E-state index in [2.05, 4.69) is 5.32 Å². The molecule has 2 N–H and O–H groups in total. The minimum Gasteiger partial charge on any atom is -0.480 e. The Labute approximate surface area is 135 Å². The lowest BCUT2D eigenvalue weighted by Gasteiger charge is -2.22. The van der Waals surface area contributed by atoms with Gasteiger partial charge in [-0.3, -0.25) is 0 Å². The monoisotopic (exact) mass is 351 g/mol. The molecule has 134 valence electrons. The average molecular weight is 351 g/mol. The Kier molecular flexibility index (Phi) is 5.80. The van der Waals surface area contributed by atoms with Gasteiger partial charge in [0.25, 0.3) is 0 Å². The fraction of sp³-hybridized carbons (Fsp3) is 0.467. The number of halogens is 4. The number of aliphatic carboxylic acids is 1. The Hall–Kier alpha value is -2.32. The Balaban J connectivity index is 2.88. The third-order valence-electron chi connectivity index (χ3n) is 2.77. The molecule has 0 radical (unpaired) electrons. The number of nitrogens with one attached hydrogen (secondary N) is 1. The molecular weight excluding hydrogens is 334 g/mol. The molecule has 1 aromatic carbocycles. The third kappa shape index (κ3) is 6.05. The zero-order valence-corrected chi connectivity index (χ0v) is 13.2. The first-order valence-corrected chi connectivity index (χ1v) is 6.87. The van der Waals surface area contributed by atoms with Crippen LogP contribution in [0.15, 0.2) is 18.2 Å². The van der Waals surface area contributed by atoms with Gasteiger partial charge in [0, 0.05) is 6.42 Å². The molecule has 24 heavy (non-hydrogen) atoms. The maximum absolute atomic E-state index is 13.5. The molecule has 0 bridgehead atoms. The number of rotatable bonds is 4. The highest BCUT2D eigenvalue weighted by Gasteiger charge is 2.34. The van der Waals surface area contributed by atoms with Crippen LogP contribution in [0.4, 0.5) is 22.4 Å². The van der Waals surface area contributed by atoms with Crippen LogP contribution in [-0.4, -0.2) is 28.8 Å². The molecule has 1 rings (SSSR count). The predicted molar refractivity (Wildman–Crippen MR) is 75.9 cm³/mol. The van der Waals surface area contributed by atoms with Crippen LogP contribution in [0, 0.1) is 5.82 Å². The number of hydrogen-bond donors (Lipinski definition) is 2. The van der Waals surface area contributed by atoms with Gasteiger partial charge in [0.2, 0.25) is 0 Å². The highest BCUT2D eigenvalue weighted by molar-refractivity contribution is 5.80. The summed E-state index contributed by atoms with van der Waals surface area (Å²) in [7, 11) is 0. The van der Waals surface area contributed by atoms with Crippen molar-refractivity contribution in [2.45, 2.75) is 45.0 Å². The highest BCUT2D eigenvalue weighted by Crippen LogP contribution is 2.31. The molecule has 1 amide bonds. The summed E-state index contributed by atoms with van der Waals surface area (Å²) in [6.07, 6.45) is -6.24. The molecule has 0 aliphatic rings. The van der Waals surface area contributed by atoms with Gasteiger partial charge < -0.3 is 15.2 Å². The number of amides is 1. The summed E-state index contributed by atoms with van der Waals surface area (Å²) in [5.41, 5.74) is -2.31. The van der Waals surface area contributed by atoms with Crippen molar-refractivity contribution in [2.75, 3.05) is 0 Å². The molecular formula is C15H17F4NO4. The molecule has 0 heterocycles. The van der Waals surface area contributed by atoms with Crippen LogP contribution < -0.4 is 5.32 Å². The quantitative estimate of drug-likeness (QED) is 0.816. The topological polar surface area (TPSA) is 75.6 Å². The molecule has 0 saturated heterocycles. The van der Waals surface area contributed by atoms with Crippen molar-refractivity contribution in [3.8, 4) is 0 Å². The fourth-order valence-corrected chi connectivity index (χ4v) is 1.80. The van der Waals surface area contributed by atoms with Gasteiger partial charge in [-0.25, -0.2) is 14.0 Å². The number of alkyl carbamates (subject to hydrolysis) is 1. The summed E-state index contributed by atoms with van der Waals surface area (Å²) in [4.78, 5) is 22.8. The first kappa shape index (κ1) is 19.7. The minimum absolute atomic E-state index is 0.0102. The Morgan fingerprint density at radius 1 is 1.25 bits per heavy atom. The molecule has 0 spiro atoms. The van der Waals surface area contributed by atoms with Crippen LogP contribution in [-0.2, 0) is 22.1 Å². The number of carboxylic acids is 1. The summed E-state index contributed by atoms with van der Waals surface area (Å²) in [6.45, 7) is 4.73. The van der Waals surface area contributed by atoms with Crippen LogP contribution in [0.1, 0.15) is 31.9 Å². The van der Waals surface area contributed by atoms with Gasteiger partial charge in [-0.05, 0) is 38.5 Å². The SMILES string of the molecule is CC(C)(C)OC(=O)NC(Cc1ccc(C(F)(F)F)c(F)c1)C(=O)O. The number of ether oxygens (including phenoxy) is 1. The van der Waals surface area contributed by atoms with Gasteiger partial charge in [0.1, 0.15) is 17.5 Å². The maximum atomic E-state index is 13.5. The summed E-state index contributed by atoms with van der Waals surface area (Å²) in [5.74, 6) is -2.94. The number of carbonyl (C=O) groups excluding carboxylic acids is 1. The van der Waals surface area contributed by atoms with Crippen molar-refractivity contribution in [3.05, 3.63) is 35.1 Å². The molecule has 9 heteroatoms. The number of carbonyl (C=O) groups is 2. The van der Waals surface area contributed by atoms with E-state index in [9.17, 15) is 27.2 Å². The van der Waals surface area contributed by atoms with Gasteiger partial charge in [-0.1, -0.05) is 6.07 Å². The normalized spacial score (nSPS) is 13.3. The smallest absolute Gasteiger partial charge is 0.419 e. The lowest BCUT2D eigenvalue weighted by Crippen LogP contribution is -2.44. The predicted octanol–water partition coefficient (Wildman–Crippen LogP) is 3.36. The molecule has 1 aromatic rings. The van der Waals surface area contributed by atoms with E-state index in [1.807, 2.05) is 0 Å². The summed E-state index contributed by atoms with van der Waals surface area (Å²) < 4.78 is 55.9. The lowest BCUT2D eigenvalue weighted by molar-refractivity contribution is -0.140. The second-order valence-electron chi connectivity index (χ2n) is 6.05. The van der Waals surface area contributed by atoms with Crippen LogP contribution >= 0.6 is 0 Å². The lowest BCUT2D eigenvalue weighted by atomic mass is 10.0. The number of hydrogen-bond acceptors (Lipinski definition) is 3. The minimum atomic E-state index is -4.84. The van der Waals surface area contributed by atoms with E-state index in [-0.39, 0.29) is 5.56 Å². The van der Waals surface area contributed by atoms with E-state index in [4.69, 9.17) is 9.84 Å². The van der Waals surface area contributed by atoms with E-state index in [0.29, 0.717) is 12.1 Å². The van der Waals surface area contributed by atoms with Crippen LogP contribution in [0.5, 0.6) is 0 Å². The molecule has 0 aliphatic carbocycles. The summed E-state index contributed by atoms with van der Waals surface area (Å²) >= 11 is 0. The molecule has 1 unspecified atom stereocenters. The molecule has 0 aromatic heterocycles. The van der Waals surface area contributed by atoms with Gasteiger partial charge in [0.05, 0.1) is 5.56 Å². The molecule has 5 nitrogen and oxygen atoms in total. The van der Waals surface area contributed by atoms with Crippen molar-refractivity contribution < 1.29 is 37.0 Å². The molecule has 0 aliphatic heterocycles. The number of alkyl halides is 3. The molecule has 0 fully saturated rings. The van der Waals surface area contributed by atoms with E-state index < -0.39 is 47.7 Å². The van der Waals surface area contributed by atoms with Crippen molar-refractivity contribution in [3.63, 3.8) is 0 Å². The van der Waals surface area contributed by atoms with Crippen LogP contribution in [0.25, 0.3) is 0 Å². The van der Waals surface area contributed by atoms with E-state index in [1.54, 1.807) is 20.8 Å². The summed E-state index contributed by atoms with van der Waals surface area (Å²) in [6, 6.07) is 0.599. The van der Waals surface area contributed by atoms with Crippen LogP contribution in [0.2, 0.25) is 0 Å². The number of carboxylic acid groups (broad SMARTS) is 1. The zero-order chi connectivity index (χ0) is 18.7. The third-order valence-corrected chi connectivity index (χ3v) is 2.77. The van der Waals surface area contributed by atoms with Crippen LogP contribution in [0.3, 0.4) is 0 Å². The van der Waals surface area contributed by atoms with Crippen molar-refractivity contribution in [2.24, 2.45) is 0 Å². The largest absolute Gasteiger partial charge is 0.480 e. The van der Waals surface area contributed by atoms with Crippen molar-refractivity contribution >= 4 is 12.1 Å². The summed E-state index contributed by atoms with van der Waals surface area (Å²) in [5, 5.41) is 11.2. The Morgan fingerprint density at radius 3 is 2.25 bits per heavy atom. The Bertz CT molecular complexity index is 623. The van der Waals surface area contributed by atoms with Gasteiger partial charge in [0.15, 0.2) is 0 Å².